The fourth-order valence-corrected chi connectivity index (χ4v) is 5.21. The summed E-state index contributed by atoms with van der Waals surface area (Å²) in [6, 6.07) is 0.188. The SMILES string of the molecule is Cc1sc2nc(SCC(=O)OC(C)C)n(C3CCCC3)c(=O)c2c1C. The number of nitrogens with zero attached hydrogens (tertiary/aromatic N) is 2. The Kier molecular flexibility index (Phi) is 5.53. The second-order valence-corrected chi connectivity index (χ2v) is 8.94. The summed E-state index contributed by atoms with van der Waals surface area (Å²) in [5.74, 6) is -0.0995. The lowest BCUT2D eigenvalue weighted by Gasteiger charge is -2.18. The van der Waals surface area contributed by atoms with Crippen LogP contribution >= 0.6 is 23.1 Å². The first-order valence-electron chi connectivity index (χ1n) is 8.73. The average Bonchev–Trinajstić information content (AvgIpc) is 3.14. The molecule has 1 fully saturated rings. The first-order chi connectivity index (χ1) is 11.9. The average molecular weight is 381 g/mol. The molecule has 3 rings (SSSR count). The van der Waals surface area contributed by atoms with Crippen molar-refractivity contribution in [2.45, 2.75) is 70.7 Å². The van der Waals surface area contributed by atoms with Crippen LogP contribution in [0, 0.1) is 13.8 Å². The van der Waals surface area contributed by atoms with Crippen molar-refractivity contribution in [3.8, 4) is 0 Å². The highest BCUT2D eigenvalue weighted by Crippen LogP contribution is 2.34. The van der Waals surface area contributed by atoms with E-state index in [4.69, 9.17) is 9.72 Å². The quantitative estimate of drug-likeness (QED) is 0.441. The van der Waals surface area contributed by atoms with Gasteiger partial charge in [-0.15, -0.1) is 11.3 Å². The molecule has 0 N–H and O–H groups in total. The second-order valence-electron chi connectivity index (χ2n) is 6.80. The van der Waals surface area contributed by atoms with Crippen LogP contribution in [0.25, 0.3) is 10.2 Å². The molecule has 0 saturated heterocycles. The molecule has 1 aliphatic rings. The molecular weight excluding hydrogens is 356 g/mol. The molecule has 136 valence electrons. The molecule has 5 nitrogen and oxygen atoms in total. The number of ether oxygens (including phenoxy) is 1. The number of rotatable bonds is 5. The fraction of sp³-hybridized carbons (Fsp3) is 0.611. The Bertz CT molecular complexity index is 848. The third-order valence-corrected chi connectivity index (χ3v) is 6.61. The van der Waals surface area contributed by atoms with Gasteiger partial charge in [-0.1, -0.05) is 24.6 Å². The molecule has 0 atom stereocenters. The topological polar surface area (TPSA) is 61.2 Å². The van der Waals surface area contributed by atoms with Crippen LogP contribution in [0.5, 0.6) is 0 Å². The summed E-state index contributed by atoms with van der Waals surface area (Å²) < 4.78 is 7.04. The van der Waals surface area contributed by atoms with E-state index in [2.05, 4.69) is 0 Å². The zero-order valence-electron chi connectivity index (χ0n) is 15.1. The zero-order valence-corrected chi connectivity index (χ0v) is 16.8. The molecule has 0 unspecified atom stereocenters. The molecule has 0 bridgehead atoms. The summed E-state index contributed by atoms with van der Waals surface area (Å²) in [5.41, 5.74) is 1.07. The van der Waals surface area contributed by atoms with Crippen molar-refractivity contribution in [3.05, 3.63) is 20.8 Å². The number of aromatic nitrogens is 2. The summed E-state index contributed by atoms with van der Waals surface area (Å²) in [6.07, 6.45) is 4.13. The van der Waals surface area contributed by atoms with Gasteiger partial charge in [0.2, 0.25) is 0 Å². The Morgan fingerprint density at radius 1 is 1.36 bits per heavy atom. The van der Waals surface area contributed by atoms with Crippen LogP contribution in [-0.2, 0) is 9.53 Å². The smallest absolute Gasteiger partial charge is 0.316 e. The highest BCUT2D eigenvalue weighted by Gasteiger charge is 2.25. The van der Waals surface area contributed by atoms with Gasteiger partial charge >= 0.3 is 5.97 Å². The van der Waals surface area contributed by atoms with Crippen molar-refractivity contribution in [2.75, 3.05) is 5.75 Å². The normalized spacial score (nSPS) is 15.4. The standard InChI is InChI=1S/C18H24N2O3S2/c1-10(2)23-14(21)9-24-18-19-16-15(11(3)12(4)25-16)17(22)20(18)13-7-5-6-8-13/h10,13H,5-9H2,1-4H3. The number of hydrogen-bond donors (Lipinski definition) is 0. The van der Waals surface area contributed by atoms with Crippen LogP contribution in [0.3, 0.4) is 0 Å². The minimum absolute atomic E-state index is 0.0403. The molecule has 1 saturated carbocycles. The third kappa shape index (κ3) is 3.77. The minimum Gasteiger partial charge on any atom is -0.462 e. The maximum atomic E-state index is 13.2. The first kappa shape index (κ1) is 18.5. The second kappa shape index (κ2) is 7.50. The predicted molar refractivity (Wildman–Crippen MR) is 103 cm³/mol. The largest absolute Gasteiger partial charge is 0.462 e. The Morgan fingerprint density at radius 2 is 2.04 bits per heavy atom. The molecule has 0 amide bonds. The number of thiophene rings is 1. The van der Waals surface area contributed by atoms with Crippen molar-refractivity contribution < 1.29 is 9.53 Å². The van der Waals surface area contributed by atoms with Gasteiger partial charge in [0.1, 0.15) is 4.83 Å². The van der Waals surface area contributed by atoms with Crippen LogP contribution in [0.15, 0.2) is 9.95 Å². The maximum absolute atomic E-state index is 13.2. The Morgan fingerprint density at radius 3 is 2.68 bits per heavy atom. The van der Waals surface area contributed by atoms with Crippen LogP contribution in [-0.4, -0.2) is 27.4 Å². The van der Waals surface area contributed by atoms with Crippen molar-refractivity contribution in [1.82, 2.24) is 9.55 Å². The maximum Gasteiger partial charge on any atom is 0.316 e. The molecule has 0 spiro atoms. The van der Waals surface area contributed by atoms with Gasteiger partial charge in [-0.25, -0.2) is 4.98 Å². The number of hydrogen-bond acceptors (Lipinski definition) is 6. The summed E-state index contributed by atoms with van der Waals surface area (Å²) in [7, 11) is 0. The van der Waals surface area contributed by atoms with Gasteiger partial charge < -0.3 is 4.74 Å². The zero-order chi connectivity index (χ0) is 18.1. The number of carbonyl (C=O) groups is 1. The van der Waals surface area contributed by atoms with Crippen molar-refractivity contribution in [1.29, 1.82) is 0 Å². The van der Waals surface area contributed by atoms with Gasteiger partial charge in [-0.3, -0.25) is 14.2 Å². The first-order valence-corrected chi connectivity index (χ1v) is 10.5. The highest BCUT2D eigenvalue weighted by atomic mass is 32.2. The Balaban J connectivity index is 2.01. The van der Waals surface area contributed by atoms with Gasteiger partial charge in [0.05, 0.1) is 17.2 Å². The van der Waals surface area contributed by atoms with E-state index in [0.29, 0.717) is 5.16 Å². The van der Waals surface area contributed by atoms with Crippen LogP contribution in [0.4, 0.5) is 0 Å². The molecule has 0 radical (unpaired) electrons. The van der Waals surface area contributed by atoms with E-state index >= 15 is 0 Å². The Labute approximate surface area is 155 Å². The number of fused-ring (bicyclic) bond motifs is 1. The number of aryl methyl sites for hydroxylation is 2. The van der Waals surface area contributed by atoms with Gasteiger partial charge in [0.15, 0.2) is 5.16 Å². The van der Waals surface area contributed by atoms with Crippen molar-refractivity contribution >= 4 is 39.3 Å². The Hall–Kier alpha value is -1.34. The third-order valence-electron chi connectivity index (χ3n) is 4.58. The molecule has 0 aromatic carbocycles. The number of thioether (sulfide) groups is 1. The minimum atomic E-state index is -0.272. The van der Waals surface area contributed by atoms with Gasteiger partial charge in [0, 0.05) is 10.9 Å². The molecule has 7 heteroatoms. The summed E-state index contributed by atoms with van der Waals surface area (Å²) in [6.45, 7) is 7.67. The lowest BCUT2D eigenvalue weighted by molar-refractivity contribution is -0.144. The summed E-state index contributed by atoms with van der Waals surface area (Å²) >= 11 is 2.86. The van der Waals surface area contributed by atoms with E-state index < -0.39 is 0 Å². The highest BCUT2D eigenvalue weighted by molar-refractivity contribution is 7.99. The van der Waals surface area contributed by atoms with Crippen LogP contribution < -0.4 is 5.56 Å². The molecule has 0 aliphatic heterocycles. The van der Waals surface area contributed by atoms with Crippen molar-refractivity contribution in [2.24, 2.45) is 0 Å². The monoisotopic (exact) mass is 380 g/mol. The van der Waals surface area contributed by atoms with Gasteiger partial charge in [-0.2, -0.15) is 0 Å². The molecular formula is C18H24N2O3S2. The molecule has 2 heterocycles. The predicted octanol–water partition coefficient (Wildman–Crippen LogP) is 4.23. The van der Waals surface area contributed by atoms with E-state index in [1.54, 1.807) is 11.3 Å². The number of carbonyl (C=O) groups excluding carboxylic acids is 1. The van der Waals surface area contributed by atoms with Gasteiger partial charge in [-0.05, 0) is 46.1 Å². The number of esters is 1. The van der Waals surface area contributed by atoms with E-state index in [-0.39, 0.29) is 29.4 Å². The van der Waals surface area contributed by atoms with Crippen molar-refractivity contribution in [3.63, 3.8) is 0 Å². The molecule has 2 aromatic rings. The molecule has 25 heavy (non-hydrogen) atoms. The van der Waals surface area contributed by atoms with Crippen LogP contribution in [0.1, 0.15) is 56.0 Å². The lowest BCUT2D eigenvalue weighted by atomic mass is 10.2. The van der Waals surface area contributed by atoms with E-state index in [1.807, 2.05) is 32.3 Å². The molecule has 2 aromatic heterocycles. The van der Waals surface area contributed by atoms with E-state index in [9.17, 15) is 9.59 Å². The summed E-state index contributed by atoms with van der Waals surface area (Å²) in [5, 5.41) is 1.38. The van der Waals surface area contributed by atoms with E-state index in [1.165, 1.54) is 11.8 Å². The fourth-order valence-electron chi connectivity index (χ4n) is 3.29. The van der Waals surface area contributed by atoms with E-state index in [0.717, 1.165) is 46.3 Å². The van der Waals surface area contributed by atoms with Gasteiger partial charge in [0.25, 0.3) is 5.56 Å². The summed E-state index contributed by atoms with van der Waals surface area (Å²) in [4.78, 5) is 31.7. The molecule has 1 aliphatic carbocycles. The van der Waals surface area contributed by atoms with Crippen LogP contribution in [0.2, 0.25) is 0 Å². The lowest BCUT2D eigenvalue weighted by Crippen LogP contribution is -2.27.